The summed E-state index contributed by atoms with van der Waals surface area (Å²) in [5.74, 6) is -1.12. The highest BCUT2D eigenvalue weighted by atomic mass is 35.5. The first-order chi connectivity index (χ1) is 9.79. The summed E-state index contributed by atoms with van der Waals surface area (Å²) < 4.78 is 51.7. The molecule has 1 aromatic carbocycles. The van der Waals surface area contributed by atoms with Gasteiger partial charge in [-0.15, -0.1) is 0 Å². The van der Waals surface area contributed by atoms with Crippen LogP contribution in [0.4, 0.5) is 35.0 Å². The molecule has 0 amide bonds. The maximum Gasteiger partial charge on any atom is 0.433 e. The van der Waals surface area contributed by atoms with Crippen molar-refractivity contribution in [2.75, 3.05) is 17.7 Å². The molecule has 21 heavy (non-hydrogen) atoms. The fourth-order valence-electron chi connectivity index (χ4n) is 1.50. The molecule has 0 aliphatic carbocycles. The number of nitrogens with zero attached hydrogens (tertiary/aromatic N) is 2. The van der Waals surface area contributed by atoms with Crippen LogP contribution >= 0.6 is 11.6 Å². The van der Waals surface area contributed by atoms with Crippen LogP contribution in [0.15, 0.2) is 24.3 Å². The number of aromatic nitrogens is 2. The summed E-state index contributed by atoms with van der Waals surface area (Å²) in [7, 11) is 1.37. The van der Waals surface area contributed by atoms with E-state index in [9.17, 15) is 17.6 Å². The van der Waals surface area contributed by atoms with Crippen LogP contribution in [0.1, 0.15) is 5.69 Å². The first-order valence-corrected chi connectivity index (χ1v) is 6.03. The number of alkyl halides is 3. The van der Waals surface area contributed by atoms with E-state index in [0.29, 0.717) is 6.07 Å². The van der Waals surface area contributed by atoms with Gasteiger partial charge < -0.3 is 10.6 Å². The molecule has 0 atom stereocenters. The highest BCUT2D eigenvalue weighted by Crippen LogP contribution is 2.31. The zero-order valence-electron chi connectivity index (χ0n) is 10.6. The molecule has 0 bridgehead atoms. The Bertz CT molecular complexity index is 660. The Balaban J connectivity index is 2.42. The first-order valence-electron chi connectivity index (χ1n) is 5.65. The molecule has 2 rings (SSSR count). The predicted octanol–water partition coefficient (Wildman–Crippen LogP) is 4.07. The van der Waals surface area contributed by atoms with Gasteiger partial charge in [0.2, 0.25) is 5.95 Å². The Morgan fingerprint density at radius 2 is 1.86 bits per heavy atom. The zero-order chi connectivity index (χ0) is 15.6. The Kier molecular flexibility index (Phi) is 4.17. The van der Waals surface area contributed by atoms with Crippen molar-refractivity contribution in [2.45, 2.75) is 6.18 Å². The van der Waals surface area contributed by atoms with Crippen molar-refractivity contribution >= 4 is 29.1 Å². The maximum atomic E-state index is 13.6. The minimum Gasteiger partial charge on any atom is -0.357 e. The molecule has 0 aliphatic heterocycles. The van der Waals surface area contributed by atoms with Gasteiger partial charge in [-0.1, -0.05) is 11.6 Å². The van der Waals surface area contributed by atoms with Crippen LogP contribution in [0.3, 0.4) is 0 Å². The predicted molar refractivity (Wildman–Crippen MR) is 71.3 cm³/mol. The number of benzene rings is 1. The monoisotopic (exact) mass is 320 g/mol. The molecule has 0 radical (unpaired) electrons. The molecular formula is C12H9ClF4N4. The summed E-state index contributed by atoms with van der Waals surface area (Å²) in [6.45, 7) is 0. The van der Waals surface area contributed by atoms with E-state index in [1.807, 2.05) is 0 Å². The largest absolute Gasteiger partial charge is 0.433 e. The molecule has 0 fully saturated rings. The van der Waals surface area contributed by atoms with Gasteiger partial charge in [-0.05, 0) is 18.2 Å². The normalized spacial score (nSPS) is 11.3. The molecule has 0 aliphatic rings. The Morgan fingerprint density at radius 1 is 1.14 bits per heavy atom. The van der Waals surface area contributed by atoms with E-state index in [0.717, 1.165) is 6.07 Å². The number of halogens is 5. The van der Waals surface area contributed by atoms with Crippen molar-refractivity contribution in [3.8, 4) is 0 Å². The lowest BCUT2D eigenvalue weighted by Crippen LogP contribution is -2.12. The lowest BCUT2D eigenvalue weighted by atomic mass is 10.3. The summed E-state index contributed by atoms with van der Waals surface area (Å²) >= 11 is 5.71. The van der Waals surface area contributed by atoms with Crippen LogP contribution in [0.25, 0.3) is 0 Å². The van der Waals surface area contributed by atoms with Crippen LogP contribution in [-0.4, -0.2) is 17.0 Å². The second-order valence-corrected chi connectivity index (χ2v) is 4.40. The van der Waals surface area contributed by atoms with E-state index in [1.165, 1.54) is 19.2 Å². The Hall–Kier alpha value is -2.09. The van der Waals surface area contributed by atoms with Crippen LogP contribution in [-0.2, 0) is 6.18 Å². The van der Waals surface area contributed by atoms with Crippen molar-refractivity contribution in [2.24, 2.45) is 0 Å². The molecule has 2 N–H and O–H groups in total. The average Bonchev–Trinajstić information content (AvgIpc) is 2.41. The molecule has 0 saturated carbocycles. The molecule has 4 nitrogen and oxygen atoms in total. The summed E-state index contributed by atoms with van der Waals surface area (Å²) in [6.07, 6.45) is -4.64. The molecule has 1 heterocycles. The second-order valence-electron chi connectivity index (χ2n) is 3.96. The third kappa shape index (κ3) is 3.72. The van der Waals surface area contributed by atoms with Crippen LogP contribution < -0.4 is 10.6 Å². The minimum absolute atomic E-state index is 0.0867. The summed E-state index contributed by atoms with van der Waals surface area (Å²) in [6, 6.07) is 4.34. The lowest BCUT2D eigenvalue weighted by Gasteiger charge is -2.12. The Labute approximate surface area is 122 Å². The fraction of sp³-hybridized carbons (Fsp3) is 0.167. The van der Waals surface area contributed by atoms with E-state index in [-0.39, 0.29) is 22.5 Å². The van der Waals surface area contributed by atoms with E-state index in [2.05, 4.69) is 20.6 Å². The summed E-state index contributed by atoms with van der Waals surface area (Å²) in [5, 5.41) is 5.09. The zero-order valence-corrected chi connectivity index (χ0v) is 11.3. The first kappa shape index (κ1) is 15.3. The third-order valence-corrected chi connectivity index (χ3v) is 2.67. The van der Waals surface area contributed by atoms with Gasteiger partial charge in [-0.2, -0.15) is 18.2 Å². The highest BCUT2D eigenvalue weighted by molar-refractivity contribution is 6.30. The quantitative estimate of drug-likeness (QED) is 0.837. The van der Waals surface area contributed by atoms with Gasteiger partial charge in [0.25, 0.3) is 0 Å². The molecule has 9 heteroatoms. The lowest BCUT2D eigenvalue weighted by molar-refractivity contribution is -0.141. The van der Waals surface area contributed by atoms with Gasteiger partial charge in [-0.25, -0.2) is 9.37 Å². The van der Waals surface area contributed by atoms with Gasteiger partial charge in [0.1, 0.15) is 11.6 Å². The van der Waals surface area contributed by atoms with E-state index in [1.54, 1.807) is 0 Å². The van der Waals surface area contributed by atoms with Gasteiger partial charge in [0, 0.05) is 18.1 Å². The summed E-state index contributed by atoms with van der Waals surface area (Å²) in [4.78, 5) is 7.09. The number of nitrogens with one attached hydrogen (secondary N) is 2. The number of rotatable bonds is 3. The summed E-state index contributed by atoms with van der Waals surface area (Å²) in [5.41, 5.74) is -1.23. The van der Waals surface area contributed by atoms with Crippen LogP contribution in [0.5, 0.6) is 0 Å². The standard InChI is InChI=1S/C12H9ClF4N4/c1-18-11-20-9(12(15,16)17)5-10(21-11)19-8-4-6(13)2-3-7(8)14/h2-5H,1H3,(H2,18,19,20,21). The smallest absolute Gasteiger partial charge is 0.357 e. The molecule has 1 aromatic heterocycles. The second kappa shape index (κ2) is 5.72. The van der Waals surface area contributed by atoms with Gasteiger partial charge in [0.15, 0.2) is 5.69 Å². The molecular weight excluding hydrogens is 312 g/mol. The highest BCUT2D eigenvalue weighted by Gasteiger charge is 2.33. The van der Waals surface area contributed by atoms with Crippen molar-refractivity contribution in [3.05, 3.63) is 40.8 Å². The van der Waals surface area contributed by atoms with Crippen molar-refractivity contribution in [1.29, 1.82) is 0 Å². The van der Waals surface area contributed by atoms with E-state index >= 15 is 0 Å². The molecule has 0 saturated heterocycles. The molecule has 0 spiro atoms. The SMILES string of the molecule is CNc1nc(Nc2cc(Cl)ccc2F)cc(C(F)(F)F)n1. The number of hydrogen-bond acceptors (Lipinski definition) is 4. The average molecular weight is 321 g/mol. The molecule has 0 unspecified atom stereocenters. The van der Waals surface area contributed by atoms with Gasteiger partial charge in [0.05, 0.1) is 5.69 Å². The minimum atomic E-state index is -4.64. The molecule has 2 aromatic rings. The van der Waals surface area contributed by atoms with Crippen LogP contribution in [0, 0.1) is 5.82 Å². The van der Waals surface area contributed by atoms with E-state index < -0.39 is 17.7 Å². The molecule has 112 valence electrons. The van der Waals surface area contributed by atoms with Crippen LogP contribution in [0.2, 0.25) is 5.02 Å². The topological polar surface area (TPSA) is 49.8 Å². The van der Waals surface area contributed by atoms with Crippen molar-refractivity contribution in [3.63, 3.8) is 0 Å². The van der Waals surface area contributed by atoms with Crippen molar-refractivity contribution < 1.29 is 17.6 Å². The van der Waals surface area contributed by atoms with Crippen molar-refractivity contribution in [1.82, 2.24) is 9.97 Å². The Morgan fingerprint density at radius 3 is 2.48 bits per heavy atom. The fourth-order valence-corrected chi connectivity index (χ4v) is 1.67. The third-order valence-electron chi connectivity index (χ3n) is 2.43. The van der Waals surface area contributed by atoms with Gasteiger partial charge >= 0.3 is 6.18 Å². The number of hydrogen-bond donors (Lipinski definition) is 2. The van der Waals surface area contributed by atoms with Gasteiger partial charge in [-0.3, -0.25) is 0 Å². The van der Waals surface area contributed by atoms with E-state index in [4.69, 9.17) is 11.6 Å². The number of anilines is 3. The maximum absolute atomic E-state index is 13.6.